The fraction of sp³-hybridized carbons (Fsp3) is 0.231. The Labute approximate surface area is 116 Å². The lowest BCUT2D eigenvalue weighted by atomic mass is 10.1. The SMILES string of the molecule is COc1cc(C(NN)c2ccc(C)s2)ccc1Cl. The minimum atomic E-state index is -0.0464. The van der Waals surface area contributed by atoms with Crippen LogP contribution >= 0.6 is 22.9 Å². The third-order valence-corrected chi connectivity index (χ3v) is 4.10. The molecule has 0 aliphatic heterocycles. The summed E-state index contributed by atoms with van der Waals surface area (Å²) < 4.78 is 5.22. The van der Waals surface area contributed by atoms with Gasteiger partial charge in [0.25, 0.3) is 0 Å². The molecule has 1 aromatic carbocycles. The van der Waals surface area contributed by atoms with Crippen molar-refractivity contribution in [3.8, 4) is 5.75 Å². The Bertz CT molecular complexity index is 542. The maximum absolute atomic E-state index is 6.02. The first-order valence-electron chi connectivity index (χ1n) is 5.51. The summed E-state index contributed by atoms with van der Waals surface area (Å²) in [6, 6.07) is 9.78. The van der Waals surface area contributed by atoms with Gasteiger partial charge in [0.05, 0.1) is 18.2 Å². The van der Waals surface area contributed by atoms with Gasteiger partial charge in [-0.05, 0) is 36.8 Å². The zero-order chi connectivity index (χ0) is 13.1. The molecule has 1 atom stereocenters. The van der Waals surface area contributed by atoms with Crippen molar-refractivity contribution < 1.29 is 4.74 Å². The molecule has 2 rings (SSSR count). The molecule has 18 heavy (non-hydrogen) atoms. The molecule has 5 heteroatoms. The van der Waals surface area contributed by atoms with Gasteiger partial charge >= 0.3 is 0 Å². The summed E-state index contributed by atoms with van der Waals surface area (Å²) in [5.41, 5.74) is 3.86. The lowest BCUT2D eigenvalue weighted by Gasteiger charge is -2.16. The van der Waals surface area contributed by atoms with E-state index in [2.05, 4.69) is 24.5 Å². The number of hydrogen-bond acceptors (Lipinski definition) is 4. The average molecular weight is 283 g/mol. The zero-order valence-corrected chi connectivity index (χ0v) is 11.8. The Balaban J connectivity index is 2.38. The third-order valence-electron chi connectivity index (χ3n) is 2.72. The monoisotopic (exact) mass is 282 g/mol. The number of hydrogen-bond donors (Lipinski definition) is 2. The molecule has 3 N–H and O–H groups in total. The largest absolute Gasteiger partial charge is 0.495 e. The van der Waals surface area contributed by atoms with Gasteiger partial charge < -0.3 is 4.74 Å². The van der Waals surface area contributed by atoms with Gasteiger partial charge in [0, 0.05) is 9.75 Å². The van der Waals surface area contributed by atoms with Crippen LogP contribution in [0.3, 0.4) is 0 Å². The van der Waals surface area contributed by atoms with Crippen molar-refractivity contribution in [2.75, 3.05) is 7.11 Å². The third kappa shape index (κ3) is 2.67. The highest BCUT2D eigenvalue weighted by atomic mass is 35.5. The first-order valence-corrected chi connectivity index (χ1v) is 6.71. The number of aryl methyl sites for hydroxylation is 1. The molecule has 1 aromatic heterocycles. The smallest absolute Gasteiger partial charge is 0.137 e. The van der Waals surface area contributed by atoms with Crippen molar-refractivity contribution in [1.82, 2.24) is 5.43 Å². The fourth-order valence-electron chi connectivity index (χ4n) is 1.81. The second-order valence-electron chi connectivity index (χ2n) is 3.94. The predicted molar refractivity (Wildman–Crippen MR) is 76.2 cm³/mol. The summed E-state index contributed by atoms with van der Waals surface area (Å²) in [6.07, 6.45) is 0. The highest BCUT2D eigenvalue weighted by Gasteiger charge is 2.15. The number of hydrazine groups is 1. The van der Waals surface area contributed by atoms with Crippen LogP contribution in [0, 0.1) is 6.92 Å². The zero-order valence-electron chi connectivity index (χ0n) is 10.2. The average Bonchev–Trinajstić information content (AvgIpc) is 2.79. The van der Waals surface area contributed by atoms with E-state index in [0.717, 1.165) is 5.56 Å². The number of rotatable bonds is 4. The van der Waals surface area contributed by atoms with E-state index in [1.807, 2.05) is 18.2 Å². The molecule has 0 radical (unpaired) electrons. The molecule has 0 fully saturated rings. The van der Waals surface area contributed by atoms with Crippen LogP contribution in [0.2, 0.25) is 5.02 Å². The Kier molecular flexibility index (Phi) is 4.24. The Hall–Kier alpha value is -1.07. The van der Waals surface area contributed by atoms with Crippen LogP contribution in [0.1, 0.15) is 21.4 Å². The first kappa shape index (κ1) is 13.4. The van der Waals surface area contributed by atoms with Crippen LogP contribution in [-0.2, 0) is 0 Å². The molecular weight excluding hydrogens is 268 g/mol. The second-order valence-corrected chi connectivity index (χ2v) is 5.67. The van der Waals surface area contributed by atoms with Gasteiger partial charge in [0.1, 0.15) is 5.75 Å². The number of methoxy groups -OCH3 is 1. The van der Waals surface area contributed by atoms with Crippen molar-refractivity contribution in [1.29, 1.82) is 0 Å². The van der Waals surface area contributed by atoms with E-state index < -0.39 is 0 Å². The van der Waals surface area contributed by atoms with E-state index in [9.17, 15) is 0 Å². The van der Waals surface area contributed by atoms with Gasteiger partial charge in [-0.2, -0.15) is 0 Å². The van der Waals surface area contributed by atoms with Crippen molar-refractivity contribution in [2.45, 2.75) is 13.0 Å². The van der Waals surface area contributed by atoms with E-state index in [4.69, 9.17) is 22.2 Å². The van der Waals surface area contributed by atoms with Crippen molar-refractivity contribution in [2.24, 2.45) is 5.84 Å². The van der Waals surface area contributed by atoms with E-state index in [-0.39, 0.29) is 6.04 Å². The van der Waals surface area contributed by atoms with Gasteiger partial charge in [-0.3, -0.25) is 5.84 Å². The van der Waals surface area contributed by atoms with Gasteiger partial charge in [-0.25, -0.2) is 5.43 Å². The summed E-state index contributed by atoms with van der Waals surface area (Å²) in [5, 5.41) is 0.597. The first-order chi connectivity index (χ1) is 8.65. The number of benzene rings is 1. The van der Waals surface area contributed by atoms with Crippen molar-refractivity contribution in [3.05, 3.63) is 50.7 Å². The second kappa shape index (κ2) is 5.71. The number of halogens is 1. The van der Waals surface area contributed by atoms with Crippen molar-refractivity contribution in [3.63, 3.8) is 0 Å². The fourth-order valence-corrected chi connectivity index (χ4v) is 2.97. The summed E-state index contributed by atoms with van der Waals surface area (Å²) in [4.78, 5) is 2.42. The predicted octanol–water partition coefficient (Wildman–Crippen LogP) is 3.27. The summed E-state index contributed by atoms with van der Waals surface area (Å²) >= 11 is 7.74. The summed E-state index contributed by atoms with van der Waals surface area (Å²) in [7, 11) is 1.60. The topological polar surface area (TPSA) is 47.3 Å². The minimum absolute atomic E-state index is 0.0464. The molecule has 96 valence electrons. The lowest BCUT2D eigenvalue weighted by molar-refractivity contribution is 0.414. The molecule has 3 nitrogen and oxygen atoms in total. The molecule has 0 amide bonds. The van der Waals surface area contributed by atoms with Gasteiger partial charge in [-0.15, -0.1) is 11.3 Å². The van der Waals surface area contributed by atoms with Gasteiger partial charge in [-0.1, -0.05) is 17.7 Å². The van der Waals surface area contributed by atoms with E-state index in [1.54, 1.807) is 18.4 Å². The standard InChI is InChI=1S/C13H15ClN2OS/c1-8-3-6-12(18-8)13(16-15)9-4-5-10(14)11(7-9)17-2/h3-7,13,16H,15H2,1-2H3. The maximum Gasteiger partial charge on any atom is 0.137 e. The maximum atomic E-state index is 6.02. The van der Waals surface area contributed by atoms with E-state index >= 15 is 0 Å². The van der Waals surface area contributed by atoms with Crippen LogP contribution in [-0.4, -0.2) is 7.11 Å². The Morgan fingerprint density at radius 1 is 1.33 bits per heavy atom. The van der Waals surface area contributed by atoms with Crippen LogP contribution < -0.4 is 16.0 Å². The van der Waals surface area contributed by atoms with Crippen LogP contribution in [0.25, 0.3) is 0 Å². The van der Waals surface area contributed by atoms with Crippen molar-refractivity contribution >= 4 is 22.9 Å². The van der Waals surface area contributed by atoms with Crippen LogP contribution in [0.15, 0.2) is 30.3 Å². The molecule has 2 aromatic rings. The number of nitrogens with one attached hydrogen (secondary N) is 1. The van der Waals surface area contributed by atoms with Crippen LogP contribution in [0.5, 0.6) is 5.75 Å². The Morgan fingerprint density at radius 2 is 2.11 bits per heavy atom. The molecule has 1 heterocycles. The molecule has 0 saturated heterocycles. The summed E-state index contributed by atoms with van der Waals surface area (Å²) in [6.45, 7) is 2.07. The molecule has 0 saturated carbocycles. The summed E-state index contributed by atoms with van der Waals surface area (Å²) in [5.74, 6) is 6.31. The van der Waals surface area contributed by atoms with E-state index in [1.165, 1.54) is 9.75 Å². The molecular formula is C13H15ClN2OS. The van der Waals surface area contributed by atoms with Gasteiger partial charge in [0.15, 0.2) is 0 Å². The Morgan fingerprint density at radius 3 is 2.67 bits per heavy atom. The number of nitrogens with two attached hydrogens (primary N) is 1. The minimum Gasteiger partial charge on any atom is -0.495 e. The highest BCUT2D eigenvalue weighted by Crippen LogP contribution is 2.32. The highest BCUT2D eigenvalue weighted by molar-refractivity contribution is 7.12. The molecule has 1 unspecified atom stereocenters. The quantitative estimate of drug-likeness (QED) is 0.668. The van der Waals surface area contributed by atoms with Crippen LogP contribution in [0.4, 0.5) is 0 Å². The molecule has 0 aliphatic rings. The number of ether oxygens (including phenoxy) is 1. The number of thiophene rings is 1. The molecule has 0 aliphatic carbocycles. The van der Waals surface area contributed by atoms with E-state index in [0.29, 0.717) is 10.8 Å². The molecule has 0 bridgehead atoms. The normalized spacial score (nSPS) is 12.4. The van der Waals surface area contributed by atoms with Gasteiger partial charge in [0.2, 0.25) is 0 Å². The molecule has 0 spiro atoms. The lowest BCUT2D eigenvalue weighted by Crippen LogP contribution is -2.28.